The monoisotopic (exact) mass is 486 g/mol. The normalized spacial score (nSPS) is 13.9. The number of carbonyl (C=O) groups is 1. The summed E-state index contributed by atoms with van der Waals surface area (Å²) in [7, 11) is 0. The second-order valence-corrected chi connectivity index (χ2v) is 8.25. The van der Waals surface area contributed by atoms with Gasteiger partial charge in [0.15, 0.2) is 0 Å². The summed E-state index contributed by atoms with van der Waals surface area (Å²) >= 11 is 6.26. The number of para-hydroxylation sites is 1. The van der Waals surface area contributed by atoms with E-state index in [9.17, 15) is 18.7 Å². The third kappa shape index (κ3) is 4.42. The lowest BCUT2D eigenvalue weighted by Gasteiger charge is -2.35. The summed E-state index contributed by atoms with van der Waals surface area (Å²) in [6.45, 7) is 2.98. The van der Waals surface area contributed by atoms with Gasteiger partial charge in [0.25, 0.3) is 5.91 Å². The van der Waals surface area contributed by atoms with Crippen molar-refractivity contribution in [1.29, 1.82) is 0 Å². The maximum Gasteiger partial charge on any atom is 0.255 e. The van der Waals surface area contributed by atoms with Crippen molar-refractivity contribution in [1.82, 2.24) is 29.9 Å². The Balaban J connectivity index is 1.65. The van der Waals surface area contributed by atoms with Crippen LogP contribution in [0.25, 0.3) is 5.69 Å². The van der Waals surface area contributed by atoms with E-state index in [0.29, 0.717) is 22.5 Å². The lowest BCUT2D eigenvalue weighted by atomic mass is 9.86. The first-order chi connectivity index (χ1) is 16.2. The van der Waals surface area contributed by atoms with Gasteiger partial charge in [-0.3, -0.25) is 4.79 Å². The fourth-order valence-electron chi connectivity index (χ4n) is 3.75. The van der Waals surface area contributed by atoms with Crippen LogP contribution in [-0.2, 0) is 12.1 Å². The van der Waals surface area contributed by atoms with E-state index >= 15 is 0 Å². The maximum atomic E-state index is 14.7. The second kappa shape index (κ2) is 9.32. The fraction of sp³-hybridized carbons (Fsp3) is 0.217. The van der Waals surface area contributed by atoms with E-state index < -0.39 is 29.2 Å². The molecule has 0 aliphatic rings. The summed E-state index contributed by atoms with van der Waals surface area (Å²) in [5, 5.41) is 23.0. The molecule has 0 saturated heterocycles. The molecule has 0 radical (unpaired) electrons. The Morgan fingerprint density at radius 1 is 1.24 bits per heavy atom. The lowest BCUT2D eigenvalue weighted by Crippen LogP contribution is -2.52. The number of halogens is 3. The van der Waals surface area contributed by atoms with Crippen molar-refractivity contribution in [2.75, 3.05) is 0 Å². The van der Waals surface area contributed by atoms with Gasteiger partial charge < -0.3 is 10.4 Å². The number of aromatic nitrogens is 5. The molecule has 11 heteroatoms. The molecule has 0 saturated carbocycles. The molecule has 0 unspecified atom stereocenters. The van der Waals surface area contributed by atoms with Crippen LogP contribution in [0.4, 0.5) is 8.78 Å². The Hall–Kier alpha value is -3.63. The molecule has 4 rings (SSSR count). The number of hydrogen-bond donors (Lipinski definition) is 2. The number of aliphatic hydroxyl groups is 1. The van der Waals surface area contributed by atoms with Gasteiger partial charge in [-0.15, -0.1) is 0 Å². The predicted octanol–water partition coefficient (Wildman–Crippen LogP) is 3.41. The van der Waals surface area contributed by atoms with Crippen molar-refractivity contribution in [3.63, 3.8) is 0 Å². The van der Waals surface area contributed by atoms with Crippen LogP contribution in [0.2, 0.25) is 5.02 Å². The summed E-state index contributed by atoms with van der Waals surface area (Å²) < 4.78 is 31.1. The molecule has 34 heavy (non-hydrogen) atoms. The van der Waals surface area contributed by atoms with E-state index in [0.717, 1.165) is 12.1 Å². The van der Waals surface area contributed by atoms with Crippen LogP contribution in [0.3, 0.4) is 0 Å². The molecule has 0 bridgehead atoms. The van der Waals surface area contributed by atoms with Gasteiger partial charge >= 0.3 is 0 Å². The van der Waals surface area contributed by atoms with Crippen molar-refractivity contribution in [2.24, 2.45) is 0 Å². The average molecular weight is 487 g/mol. The molecule has 0 aliphatic heterocycles. The van der Waals surface area contributed by atoms with Crippen LogP contribution in [0.1, 0.15) is 28.5 Å². The molecule has 2 atom stereocenters. The number of hydrogen-bond acceptors (Lipinski definition) is 5. The third-order valence-electron chi connectivity index (χ3n) is 5.67. The van der Waals surface area contributed by atoms with Gasteiger partial charge in [0.2, 0.25) is 0 Å². The summed E-state index contributed by atoms with van der Waals surface area (Å²) in [5.74, 6) is -2.28. The van der Waals surface area contributed by atoms with Gasteiger partial charge in [-0.25, -0.2) is 23.1 Å². The molecule has 2 aromatic heterocycles. The van der Waals surface area contributed by atoms with Crippen molar-refractivity contribution in [3.8, 4) is 5.69 Å². The summed E-state index contributed by atoms with van der Waals surface area (Å²) in [6.07, 6.45) is 3.99. The molecule has 4 aromatic rings. The molecular weight excluding hydrogens is 466 g/mol. The van der Waals surface area contributed by atoms with Crippen molar-refractivity contribution < 1.29 is 18.7 Å². The topological polar surface area (TPSA) is 97.9 Å². The zero-order valence-corrected chi connectivity index (χ0v) is 19.0. The molecule has 0 aliphatic carbocycles. The van der Waals surface area contributed by atoms with Crippen LogP contribution >= 0.6 is 11.6 Å². The molecular formula is C23H21ClF2N6O2. The third-order valence-corrected chi connectivity index (χ3v) is 5.99. The molecule has 2 N–H and O–H groups in total. The largest absolute Gasteiger partial charge is 0.381 e. The van der Waals surface area contributed by atoms with E-state index in [1.54, 1.807) is 31.2 Å². The first kappa shape index (κ1) is 23.5. The highest BCUT2D eigenvalue weighted by atomic mass is 35.5. The highest BCUT2D eigenvalue weighted by molar-refractivity contribution is 6.32. The lowest BCUT2D eigenvalue weighted by molar-refractivity contribution is -0.0186. The van der Waals surface area contributed by atoms with E-state index in [1.807, 2.05) is 0 Å². The number of nitrogens with one attached hydrogen (secondary N) is 1. The minimum absolute atomic E-state index is 0.194. The van der Waals surface area contributed by atoms with Gasteiger partial charge in [0, 0.05) is 11.6 Å². The maximum absolute atomic E-state index is 14.7. The van der Waals surface area contributed by atoms with E-state index in [2.05, 4.69) is 20.5 Å². The molecule has 1 amide bonds. The zero-order chi connectivity index (χ0) is 24.5. The molecule has 8 nitrogen and oxygen atoms in total. The number of carbonyl (C=O) groups excluding carboxylic acids is 1. The standard InChI is InChI=1S/C23H21ClF2N6O2/c1-14-17(10-28-32(14)21-6-4-3-5-19(21)24)22(33)30-15(2)23(34,11-31-13-27-12-29-31)18-8-7-16(25)9-20(18)26/h3-10,12-13,15,34H,11H2,1-2H3,(H,30,33)/t15-,23-/m1/s1. The molecule has 176 valence electrons. The molecule has 0 spiro atoms. The Kier molecular flexibility index (Phi) is 6.45. The number of nitrogens with zero attached hydrogens (tertiary/aromatic N) is 5. The van der Waals surface area contributed by atoms with Gasteiger partial charge in [0.05, 0.1) is 40.8 Å². The Morgan fingerprint density at radius 3 is 2.68 bits per heavy atom. The molecule has 0 fully saturated rings. The van der Waals surface area contributed by atoms with Gasteiger partial charge in [0.1, 0.15) is 29.9 Å². The Labute approximate surface area is 198 Å². The first-order valence-electron chi connectivity index (χ1n) is 10.3. The number of rotatable bonds is 7. The fourth-order valence-corrected chi connectivity index (χ4v) is 3.97. The summed E-state index contributed by atoms with van der Waals surface area (Å²) in [4.78, 5) is 17.0. The Morgan fingerprint density at radius 2 is 2.00 bits per heavy atom. The Bertz CT molecular complexity index is 1330. The van der Waals surface area contributed by atoms with Gasteiger partial charge in [-0.2, -0.15) is 10.2 Å². The van der Waals surface area contributed by atoms with Crippen LogP contribution in [0.15, 0.2) is 61.3 Å². The SMILES string of the molecule is Cc1c(C(=O)N[C@H](C)[C@](O)(Cn2cncn2)c2ccc(F)cc2F)cnn1-c1ccccc1Cl. The first-order valence-corrected chi connectivity index (χ1v) is 10.7. The summed E-state index contributed by atoms with van der Waals surface area (Å²) in [5.41, 5.74) is -0.807. The molecule has 2 heterocycles. The smallest absolute Gasteiger partial charge is 0.255 e. The average Bonchev–Trinajstić information content (AvgIpc) is 3.43. The zero-order valence-electron chi connectivity index (χ0n) is 18.3. The number of benzene rings is 2. The minimum Gasteiger partial charge on any atom is -0.381 e. The van der Waals surface area contributed by atoms with Crippen molar-refractivity contribution >= 4 is 17.5 Å². The second-order valence-electron chi connectivity index (χ2n) is 7.84. The summed E-state index contributed by atoms with van der Waals surface area (Å²) in [6, 6.07) is 8.89. The van der Waals surface area contributed by atoms with Crippen LogP contribution in [-0.4, -0.2) is 41.6 Å². The van der Waals surface area contributed by atoms with Gasteiger partial charge in [-0.05, 0) is 32.0 Å². The number of amides is 1. The van der Waals surface area contributed by atoms with Crippen LogP contribution in [0.5, 0.6) is 0 Å². The quantitative estimate of drug-likeness (QED) is 0.417. The molecule has 2 aromatic carbocycles. The highest BCUT2D eigenvalue weighted by Crippen LogP contribution is 2.30. The van der Waals surface area contributed by atoms with E-state index in [4.69, 9.17) is 11.6 Å². The van der Waals surface area contributed by atoms with Crippen molar-refractivity contribution in [2.45, 2.75) is 32.0 Å². The van der Waals surface area contributed by atoms with Crippen LogP contribution < -0.4 is 5.32 Å². The van der Waals surface area contributed by atoms with Gasteiger partial charge in [-0.1, -0.05) is 29.8 Å². The predicted molar refractivity (Wildman–Crippen MR) is 121 cm³/mol. The minimum atomic E-state index is -1.98. The van der Waals surface area contributed by atoms with Crippen molar-refractivity contribution in [3.05, 3.63) is 94.8 Å². The van der Waals surface area contributed by atoms with E-state index in [-0.39, 0.29) is 17.7 Å². The van der Waals surface area contributed by atoms with E-state index in [1.165, 1.54) is 35.1 Å². The van der Waals surface area contributed by atoms with Crippen LogP contribution in [0, 0.1) is 18.6 Å². The highest BCUT2D eigenvalue weighted by Gasteiger charge is 2.40.